The highest BCUT2D eigenvalue weighted by Gasteiger charge is 2.46. The molecule has 1 fully saturated rings. The van der Waals surface area contributed by atoms with E-state index in [1.54, 1.807) is 6.92 Å². The monoisotopic (exact) mass is 214 g/mol. The molecule has 0 saturated carbocycles. The summed E-state index contributed by atoms with van der Waals surface area (Å²) in [6, 6.07) is -0.302. The van der Waals surface area contributed by atoms with Gasteiger partial charge >= 0.3 is 6.03 Å². The van der Waals surface area contributed by atoms with Crippen LogP contribution in [-0.4, -0.2) is 61.6 Å². The number of likely N-dealkylation sites (N-methyl/N-ethyl adjacent to an activating group) is 1. The molecule has 0 aromatic carbocycles. The van der Waals surface area contributed by atoms with Crippen LogP contribution in [0.1, 0.15) is 13.3 Å². The van der Waals surface area contributed by atoms with Crippen LogP contribution >= 0.6 is 0 Å². The van der Waals surface area contributed by atoms with Gasteiger partial charge in [-0.1, -0.05) is 0 Å². The zero-order valence-corrected chi connectivity index (χ0v) is 10.1. The molecule has 1 atom stereocenters. The average molecular weight is 214 g/mol. The van der Waals surface area contributed by atoms with Gasteiger partial charge in [-0.25, -0.2) is 4.79 Å². The molecule has 5 heteroatoms. The van der Waals surface area contributed by atoms with E-state index >= 15 is 0 Å². The zero-order chi connectivity index (χ0) is 11.9. The zero-order valence-electron chi connectivity index (χ0n) is 10.1. The van der Waals surface area contributed by atoms with Gasteiger partial charge in [0.15, 0.2) is 0 Å². The fourth-order valence-electron chi connectivity index (χ4n) is 1.56. The van der Waals surface area contributed by atoms with Gasteiger partial charge in [-0.2, -0.15) is 0 Å². The molecule has 0 radical (unpaired) electrons. The number of nitrogens with one attached hydrogen (secondary N) is 1. The molecule has 1 aliphatic heterocycles. The smallest absolute Gasteiger partial charge is 0.324 e. The van der Waals surface area contributed by atoms with Crippen LogP contribution in [0.5, 0.6) is 0 Å². The third kappa shape index (κ3) is 2.47. The van der Waals surface area contributed by atoms with Crippen molar-refractivity contribution in [2.75, 3.05) is 34.7 Å². The Balaban J connectivity index is 2.69. The Hall–Kier alpha value is -1.10. The Labute approximate surface area is 90.6 Å². The van der Waals surface area contributed by atoms with Crippen LogP contribution in [0.15, 0.2) is 0 Å². The van der Waals surface area contributed by atoms with Gasteiger partial charge < -0.3 is 9.80 Å². The predicted molar refractivity (Wildman–Crippen MR) is 57.2 cm³/mol. The van der Waals surface area contributed by atoms with Crippen LogP contribution in [0.25, 0.3) is 0 Å². The topological polar surface area (TPSA) is 49.4 Å². The molecule has 86 valence electrons. The summed E-state index contributed by atoms with van der Waals surface area (Å²) in [6.07, 6.45) is 0.658. The van der Waals surface area contributed by atoms with Crippen molar-refractivity contribution in [2.45, 2.75) is 18.9 Å². The van der Waals surface area contributed by atoms with Crippen molar-refractivity contribution in [3.05, 3.63) is 0 Å². The van der Waals surface area contributed by atoms with Crippen LogP contribution in [0.2, 0.25) is 0 Å². The van der Waals surface area contributed by atoms with Crippen molar-refractivity contribution in [2.24, 2.45) is 0 Å². The lowest BCUT2D eigenvalue weighted by Gasteiger charge is -2.28. The van der Waals surface area contributed by atoms with Gasteiger partial charge in [0.1, 0.15) is 5.54 Å². The number of quaternary nitrogens is 1. The van der Waals surface area contributed by atoms with Crippen molar-refractivity contribution >= 4 is 11.9 Å². The summed E-state index contributed by atoms with van der Waals surface area (Å²) in [6.45, 7) is 2.63. The number of hydrogen-bond donors (Lipinski definition) is 1. The van der Waals surface area contributed by atoms with Crippen LogP contribution < -0.4 is 5.32 Å². The third-order valence-corrected chi connectivity index (χ3v) is 2.75. The fourth-order valence-corrected chi connectivity index (χ4v) is 1.56. The van der Waals surface area contributed by atoms with E-state index in [1.165, 1.54) is 7.05 Å². The molecule has 1 unspecified atom stereocenters. The lowest BCUT2D eigenvalue weighted by Crippen LogP contribution is -2.48. The Kier molecular flexibility index (Phi) is 2.78. The molecule has 1 N–H and O–H groups in total. The molecule has 5 nitrogen and oxygen atoms in total. The van der Waals surface area contributed by atoms with Crippen molar-refractivity contribution in [1.29, 1.82) is 0 Å². The quantitative estimate of drug-likeness (QED) is 0.532. The van der Waals surface area contributed by atoms with Gasteiger partial charge in [-0.05, 0) is 6.92 Å². The van der Waals surface area contributed by atoms with Crippen molar-refractivity contribution in [1.82, 2.24) is 10.2 Å². The van der Waals surface area contributed by atoms with Crippen LogP contribution in [0.3, 0.4) is 0 Å². The maximum absolute atomic E-state index is 11.8. The van der Waals surface area contributed by atoms with E-state index in [0.717, 1.165) is 15.9 Å². The summed E-state index contributed by atoms with van der Waals surface area (Å²) >= 11 is 0. The van der Waals surface area contributed by atoms with Crippen LogP contribution in [-0.2, 0) is 4.79 Å². The summed E-state index contributed by atoms with van der Waals surface area (Å²) in [5.41, 5.74) is -0.725. The number of nitrogens with zero attached hydrogens (tertiary/aromatic N) is 2. The van der Waals surface area contributed by atoms with Crippen molar-refractivity contribution in [3.63, 3.8) is 0 Å². The van der Waals surface area contributed by atoms with E-state index in [2.05, 4.69) is 26.5 Å². The molecular weight excluding hydrogens is 194 g/mol. The molecule has 1 rings (SSSR count). The first-order valence-electron chi connectivity index (χ1n) is 5.06. The summed E-state index contributed by atoms with van der Waals surface area (Å²) in [7, 11) is 7.70. The van der Waals surface area contributed by atoms with E-state index in [-0.39, 0.29) is 11.9 Å². The van der Waals surface area contributed by atoms with Crippen LogP contribution in [0, 0.1) is 0 Å². The number of carbonyl (C=O) groups is 2. The van der Waals surface area contributed by atoms with Gasteiger partial charge in [0.05, 0.1) is 27.7 Å². The summed E-state index contributed by atoms with van der Waals surface area (Å²) < 4.78 is 0.780. The highest BCUT2D eigenvalue weighted by molar-refractivity contribution is 6.06. The van der Waals surface area contributed by atoms with Gasteiger partial charge in [0.2, 0.25) is 0 Å². The number of carbonyl (C=O) groups excluding carboxylic acids is 2. The van der Waals surface area contributed by atoms with E-state index in [1.807, 2.05) is 0 Å². The summed E-state index contributed by atoms with van der Waals surface area (Å²) in [5.74, 6) is -0.138. The molecule has 1 saturated heterocycles. The van der Waals surface area contributed by atoms with Gasteiger partial charge in [0.25, 0.3) is 5.91 Å². The first-order chi connectivity index (χ1) is 6.66. The Bertz CT molecular complexity index is 296. The van der Waals surface area contributed by atoms with E-state index < -0.39 is 5.54 Å². The SMILES string of the molecule is CN1C(=O)NC(C)(CC[N+](C)(C)C)C1=O. The van der Waals surface area contributed by atoms with Crippen LogP contribution in [0.4, 0.5) is 4.79 Å². The Morgan fingerprint density at radius 3 is 2.20 bits per heavy atom. The van der Waals surface area contributed by atoms with Gasteiger partial charge in [-0.3, -0.25) is 9.69 Å². The number of amides is 3. The Morgan fingerprint density at radius 1 is 1.33 bits per heavy atom. The molecule has 0 aromatic heterocycles. The van der Waals surface area contributed by atoms with Crippen molar-refractivity contribution < 1.29 is 14.1 Å². The van der Waals surface area contributed by atoms with E-state index in [9.17, 15) is 9.59 Å². The lowest BCUT2D eigenvalue weighted by atomic mass is 9.97. The molecule has 1 heterocycles. The molecule has 0 bridgehead atoms. The van der Waals surface area contributed by atoms with E-state index in [4.69, 9.17) is 0 Å². The molecule has 0 aromatic rings. The largest absolute Gasteiger partial charge is 0.331 e. The molecule has 1 aliphatic rings. The standard InChI is InChI=1S/C10H19N3O2/c1-10(6-7-13(3,4)5)8(14)12(2)9(15)11-10/h6-7H2,1-5H3/p+1. The molecule has 15 heavy (non-hydrogen) atoms. The van der Waals surface area contributed by atoms with E-state index in [0.29, 0.717) is 6.42 Å². The number of urea groups is 1. The number of hydrogen-bond acceptors (Lipinski definition) is 2. The minimum absolute atomic E-state index is 0.138. The second kappa shape index (κ2) is 3.48. The minimum atomic E-state index is -0.725. The number of rotatable bonds is 3. The summed E-state index contributed by atoms with van der Waals surface area (Å²) in [5, 5.41) is 2.73. The normalized spacial score (nSPS) is 27.1. The molecule has 3 amide bonds. The highest BCUT2D eigenvalue weighted by atomic mass is 16.2. The molecular formula is C10H20N3O2+. The summed E-state index contributed by atoms with van der Waals surface area (Å²) in [4.78, 5) is 24.3. The fraction of sp³-hybridized carbons (Fsp3) is 0.800. The Morgan fingerprint density at radius 2 is 1.87 bits per heavy atom. The minimum Gasteiger partial charge on any atom is -0.331 e. The first-order valence-corrected chi connectivity index (χ1v) is 5.06. The maximum Gasteiger partial charge on any atom is 0.324 e. The second-order valence-electron chi connectivity index (χ2n) is 5.39. The maximum atomic E-state index is 11.8. The third-order valence-electron chi connectivity index (χ3n) is 2.75. The van der Waals surface area contributed by atoms with Crippen molar-refractivity contribution in [3.8, 4) is 0 Å². The second-order valence-corrected chi connectivity index (χ2v) is 5.39. The first kappa shape index (κ1) is 12.0. The highest BCUT2D eigenvalue weighted by Crippen LogP contribution is 2.20. The lowest BCUT2D eigenvalue weighted by molar-refractivity contribution is -0.870. The number of imide groups is 1. The molecule has 0 spiro atoms. The van der Waals surface area contributed by atoms with Gasteiger partial charge in [0, 0.05) is 13.5 Å². The predicted octanol–water partition coefficient (Wildman–Crippen LogP) is 0.0230. The average Bonchev–Trinajstić information content (AvgIpc) is 2.27. The van der Waals surface area contributed by atoms with Gasteiger partial charge in [-0.15, -0.1) is 0 Å². The molecule has 0 aliphatic carbocycles.